The minimum Gasteiger partial charge on any atom is -0.544 e. The third kappa shape index (κ3) is 7.03. The van der Waals surface area contributed by atoms with Crippen LogP contribution in [-0.2, 0) is 14.8 Å². The number of anilines is 1. The summed E-state index contributed by atoms with van der Waals surface area (Å²) in [6.07, 6.45) is -7.84. The topological polar surface area (TPSA) is 149 Å². The number of rotatable bonds is 11. The number of nitrogens with one attached hydrogen (secondary N) is 1. The molecule has 0 aliphatic carbocycles. The lowest BCUT2D eigenvalue weighted by Gasteiger charge is -2.42. The summed E-state index contributed by atoms with van der Waals surface area (Å²) in [5.74, 6) is -63.0. The first-order chi connectivity index (χ1) is 20.7. The Bertz CT molecular complexity index is 1520. The molecule has 0 aliphatic rings. The van der Waals surface area contributed by atoms with Gasteiger partial charge < -0.3 is 20.4 Å². The minimum absolute atomic E-state index is 0.125. The first-order valence-electron chi connectivity index (χ1n) is 11.0. The number of aliphatic carboxylic acids is 1. The number of hydrogen-bond acceptors (Lipinski definition) is 7. The van der Waals surface area contributed by atoms with Crippen molar-refractivity contribution in [1.29, 1.82) is 0 Å². The number of carboxylic acids is 1. The Morgan fingerprint density at radius 1 is 0.681 bits per heavy atom. The van der Waals surface area contributed by atoms with Crippen LogP contribution in [-0.4, -0.2) is 79.3 Å². The van der Waals surface area contributed by atoms with Crippen LogP contribution in [0.15, 0.2) is 41.3 Å². The average Bonchev–Trinajstić information content (AvgIpc) is 2.92. The van der Waals surface area contributed by atoms with E-state index in [4.69, 9.17) is 4.74 Å². The molecule has 0 fully saturated rings. The summed E-state index contributed by atoms with van der Waals surface area (Å²) in [6, 6.07) is 9.18. The molecule has 0 amide bonds. The van der Waals surface area contributed by atoms with Crippen molar-refractivity contribution in [2.75, 3.05) is 11.8 Å². The number of carbonyl (C=O) groups is 1. The number of ether oxygens (including phenoxy) is 1. The van der Waals surface area contributed by atoms with Gasteiger partial charge in [0, 0.05) is 18.2 Å². The highest BCUT2D eigenvalue weighted by Gasteiger charge is 2.95. The number of hydrogen-bond donors (Lipinski definition) is 2. The van der Waals surface area contributed by atoms with Crippen molar-refractivity contribution in [3.8, 4) is 5.88 Å². The highest BCUT2D eigenvalue weighted by molar-refractivity contribution is 7.92. The fraction of sp³-hybridized carbons (Fsp3) is 0.450. The SMILES string of the molecule is COc1ccc(NS(=O)(=O)c2ccc([NH3+])cc2)nn1.O=C([O-])C(F)(F)C(F)(F)C(F)(F)C(F)(F)C(F)(F)C(F)(F)C(F)(F)C(F)(F)F. The maximum absolute atomic E-state index is 13.0. The molecule has 0 unspecified atom stereocenters. The summed E-state index contributed by atoms with van der Waals surface area (Å²) in [6.45, 7) is 0. The first-order valence-corrected chi connectivity index (χ1v) is 12.4. The standard InChI is InChI=1S/C11H12N4O3S.C9HF17O2/c1-18-11-7-6-10(13-14-11)15-19(16,17)9-4-2-8(12)3-5-9;10-2(11,1(27)28)3(12,13)4(14,15)5(16,17)6(18,19)7(20,21)8(22,23)9(24,25)26/h2-7H,12H2,1H3,(H,13,15);(H,27,28). The second-order valence-electron chi connectivity index (χ2n) is 8.52. The molecular formula is C20H13F17N4O5S. The van der Waals surface area contributed by atoms with Crippen molar-refractivity contribution in [3.63, 3.8) is 0 Å². The lowest BCUT2D eigenvalue weighted by molar-refractivity contribution is -0.463. The Morgan fingerprint density at radius 3 is 1.43 bits per heavy atom. The Hall–Kier alpha value is -3.91. The van der Waals surface area contributed by atoms with E-state index in [1.807, 2.05) is 0 Å². The molecule has 2 aromatic rings. The van der Waals surface area contributed by atoms with Crippen molar-refractivity contribution >= 4 is 27.5 Å². The molecule has 0 aliphatic heterocycles. The van der Waals surface area contributed by atoms with E-state index in [0.717, 1.165) is 5.69 Å². The maximum atomic E-state index is 13.0. The fourth-order valence-electron chi connectivity index (χ4n) is 2.64. The van der Waals surface area contributed by atoms with E-state index in [9.17, 15) is 93.0 Å². The zero-order valence-corrected chi connectivity index (χ0v) is 22.8. The van der Waals surface area contributed by atoms with Gasteiger partial charge in [-0.15, -0.1) is 10.2 Å². The van der Waals surface area contributed by atoms with Crippen molar-refractivity contribution in [3.05, 3.63) is 36.4 Å². The molecule has 0 bridgehead atoms. The molecule has 0 saturated heterocycles. The van der Waals surface area contributed by atoms with Crippen molar-refractivity contribution in [2.24, 2.45) is 0 Å². The first kappa shape index (κ1) is 41.1. The highest BCUT2D eigenvalue weighted by atomic mass is 32.2. The molecule has 0 radical (unpaired) electrons. The van der Waals surface area contributed by atoms with Gasteiger partial charge >= 0.3 is 47.6 Å². The summed E-state index contributed by atoms with van der Waals surface area (Å²) in [5, 5.41) is 17.0. The molecule has 0 spiro atoms. The number of quaternary nitrogens is 1. The predicted molar refractivity (Wildman–Crippen MR) is 114 cm³/mol. The molecule has 47 heavy (non-hydrogen) atoms. The van der Waals surface area contributed by atoms with E-state index in [0.29, 0.717) is 5.88 Å². The van der Waals surface area contributed by atoms with E-state index < -0.39 is 63.6 Å². The molecule has 1 aromatic carbocycles. The molecule has 27 heteroatoms. The smallest absolute Gasteiger partial charge is 0.460 e. The van der Waals surface area contributed by atoms with Crippen LogP contribution in [0.25, 0.3) is 0 Å². The maximum Gasteiger partial charge on any atom is 0.460 e. The van der Waals surface area contributed by atoms with Crippen LogP contribution in [0.2, 0.25) is 0 Å². The van der Waals surface area contributed by atoms with Crippen molar-refractivity contribution in [1.82, 2.24) is 10.2 Å². The van der Waals surface area contributed by atoms with Crippen LogP contribution in [0, 0.1) is 0 Å². The summed E-state index contributed by atoms with van der Waals surface area (Å²) < 4.78 is 245. The Balaban J connectivity index is 0.000000502. The van der Waals surface area contributed by atoms with Gasteiger partial charge in [0.2, 0.25) is 5.88 Å². The van der Waals surface area contributed by atoms with Gasteiger partial charge in [-0.25, -0.2) is 8.42 Å². The minimum atomic E-state index is -8.79. The normalized spacial score (nSPS) is 14.2. The molecule has 9 nitrogen and oxygen atoms in total. The Kier molecular flexibility index (Phi) is 11.0. The van der Waals surface area contributed by atoms with Crippen LogP contribution in [0.5, 0.6) is 5.88 Å². The monoisotopic (exact) mass is 744 g/mol. The number of alkyl halides is 17. The molecule has 1 heterocycles. The van der Waals surface area contributed by atoms with Crippen LogP contribution >= 0.6 is 0 Å². The van der Waals surface area contributed by atoms with Gasteiger partial charge in [-0.05, 0) is 18.2 Å². The van der Waals surface area contributed by atoms with E-state index in [2.05, 4.69) is 20.7 Å². The van der Waals surface area contributed by atoms with E-state index in [-0.39, 0.29) is 10.7 Å². The van der Waals surface area contributed by atoms with Crippen molar-refractivity contribution < 1.29 is 103 Å². The number of nitrogens with zero attached hydrogens (tertiary/aromatic N) is 2. The zero-order chi connectivity index (χ0) is 37.5. The fourth-order valence-corrected chi connectivity index (χ4v) is 3.64. The van der Waals surface area contributed by atoms with E-state index in [1.54, 1.807) is 12.1 Å². The van der Waals surface area contributed by atoms with Crippen LogP contribution in [0.4, 0.5) is 86.1 Å². The number of sulfonamides is 1. The lowest BCUT2D eigenvalue weighted by Crippen LogP contribution is -2.75. The molecule has 2 rings (SSSR count). The zero-order valence-electron chi connectivity index (χ0n) is 21.9. The third-order valence-electron chi connectivity index (χ3n) is 5.30. The molecule has 1 aromatic heterocycles. The van der Waals surface area contributed by atoms with E-state index in [1.165, 1.54) is 31.4 Å². The largest absolute Gasteiger partial charge is 0.544 e. The average molecular weight is 744 g/mol. The molecular weight excluding hydrogens is 731 g/mol. The number of carbonyl (C=O) groups excluding carboxylic acids is 1. The van der Waals surface area contributed by atoms with Crippen LogP contribution in [0.1, 0.15) is 0 Å². The second-order valence-corrected chi connectivity index (χ2v) is 10.2. The van der Waals surface area contributed by atoms with Gasteiger partial charge in [0.05, 0.1) is 12.0 Å². The Morgan fingerprint density at radius 2 is 1.09 bits per heavy atom. The van der Waals surface area contributed by atoms with Gasteiger partial charge in [0.25, 0.3) is 10.0 Å². The predicted octanol–water partition coefficient (Wildman–Crippen LogP) is 3.91. The quantitative estimate of drug-likeness (QED) is 0.332. The number of aromatic nitrogens is 2. The van der Waals surface area contributed by atoms with Crippen LogP contribution < -0.4 is 20.3 Å². The Labute approximate surface area is 248 Å². The summed E-state index contributed by atoms with van der Waals surface area (Å²) in [5.41, 5.74) is 4.43. The number of methoxy groups -OCH3 is 1. The highest BCUT2D eigenvalue weighted by Crippen LogP contribution is 2.63. The molecule has 4 N–H and O–H groups in total. The lowest BCUT2D eigenvalue weighted by atomic mass is 9.89. The third-order valence-corrected chi connectivity index (χ3v) is 6.67. The summed E-state index contributed by atoms with van der Waals surface area (Å²) >= 11 is 0. The van der Waals surface area contributed by atoms with Gasteiger partial charge in [-0.2, -0.15) is 74.6 Å². The van der Waals surface area contributed by atoms with Gasteiger partial charge in [-0.1, -0.05) is 0 Å². The van der Waals surface area contributed by atoms with Gasteiger partial charge in [-0.3, -0.25) is 4.72 Å². The molecule has 268 valence electrons. The van der Waals surface area contributed by atoms with Gasteiger partial charge in [0.1, 0.15) is 11.7 Å². The molecule has 0 saturated carbocycles. The summed E-state index contributed by atoms with van der Waals surface area (Å²) in [7, 11) is -2.22. The van der Waals surface area contributed by atoms with Gasteiger partial charge in [0.15, 0.2) is 5.82 Å². The molecule has 0 atom stereocenters. The second kappa shape index (κ2) is 12.6. The number of halogens is 17. The van der Waals surface area contributed by atoms with Crippen LogP contribution in [0.3, 0.4) is 0 Å². The van der Waals surface area contributed by atoms with E-state index >= 15 is 0 Å². The summed E-state index contributed by atoms with van der Waals surface area (Å²) in [4.78, 5) is 9.79. The number of carboxylic acid groups (broad SMARTS) is 1. The van der Waals surface area contributed by atoms with Crippen molar-refractivity contribution in [2.45, 2.75) is 52.5 Å². The number of benzene rings is 1.